The van der Waals surface area contributed by atoms with E-state index >= 15 is 0 Å². The van der Waals surface area contributed by atoms with E-state index in [-0.39, 0.29) is 48.7 Å². The number of carbonyl (C=O) groups excluding carboxylic acids is 2. The lowest BCUT2D eigenvalue weighted by atomic mass is 9.66. The zero-order chi connectivity index (χ0) is 30.2. The number of ether oxygens (including phenoxy) is 5. The van der Waals surface area contributed by atoms with E-state index in [4.69, 9.17) is 23.7 Å². The molecule has 4 rings (SSSR count). The van der Waals surface area contributed by atoms with Gasteiger partial charge in [-0.1, -0.05) is 39.8 Å². The average Bonchev–Trinajstić information content (AvgIpc) is 2.88. The van der Waals surface area contributed by atoms with Gasteiger partial charge in [-0.2, -0.15) is 0 Å². The van der Waals surface area contributed by atoms with E-state index in [9.17, 15) is 24.9 Å². The molecule has 10 heteroatoms. The molecule has 3 heterocycles. The van der Waals surface area contributed by atoms with Gasteiger partial charge < -0.3 is 39.0 Å². The number of rotatable bonds is 7. The normalized spacial score (nSPS) is 36.2. The summed E-state index contributed by atoms with van der Waals surface area (Å²) in [7, 11) is 1.64. The third-order valence-corrected chi connectivity index (χ3v) is 8.91. The van der Waals surface area contributed by atoms with Crippen molar-refractivity contribution < 1.29 is 48.6 Å². The second-order valence-corrected chi connectivity index (χ2v) is 12.7. The number of aliphatic hydroxyl groups excluding tert-OH is 1. The molecule has 10 nitrogen and oxygen atoms in total. The molecular weight excluding hydrogens is 532 g/mol. The van der Waals surface area contributed by atoms with Crippen molar-refractivity contribution >= 4 is 11.9 Å². The summed E-state index contributed by atoms with van der Waals surface area (Å²) in [4.78, 5) is 25.7. The molecule has 1 aromatic rings. The van der Waals surface area contributed by atoms with Crippen LogP contribution in [-0.2, 0) is 33.3 Å². The van der Waals surface area contributed by atoms with Gasteiger partial charge in [0.15, 0.2) is 0 Å². The van der Waals surface area contributed by atoms with Crippen molar-refractivity contribution in [1.29, 1.82) is 0 Å². The molecule has 0 aliphatic carbocycles. The number of carbonyl (C=O) groups is 2. The van der Waals surface area contributed by atoms with Gasteiger partial charge in [-0.05, 0) is 49.8 Å². The molecule has 0 amide bonds. The van der Waals surface area contributed by atoms with Gasteiger partial charge in [0, 0.05) is 18.4 Å². The van der Waals surface area contributed by atoms with Gasteiger partial charge in [0.05, 0.1) is 37.7 Å². The Kier molecular flexibility index (Phi) is 9.09. The van der Waals surface area contributed by atoms with Gasteiger partial charge in [-0.15, -0.1) is 0 Å². The monoisotopic (exact) mass is 576 g/mol. The van der Waals surface area contributed by atoms with Gasteiger partial charge in [0.25, 0.3) is 0 Å². The molecule has 41 heavy (non-hydrogen) atoms. The molecule has 2 fully saturated rings. The fourth-order valence-electron chi connectivity index (χ4n) is 6.59. The van der Waals surface area contributed by atoms with E-state index in [1.54, 1.807) is 32.2 Å². The van der Waals surface area contributed by atoms with Crippen LogP contribution in [-0.4, -0.2) is 70.7 Å². The van der Waals surface area contributed by atoms with Crippen LogP contribution in [0.15, 0.2) is 36.1 Å². The number of aliphatic hydroxyl groups is 2. The number of cyclic esters (lactones) is 1. The number of hydrogen-bond donors (Lipinski definition) is 3. The van der Waals surface area contributed by atoms with Crippen LogP contribution in [0.1, 0.15) is 78.4 Å². The van der Waals surface area contributed by atoms with E-state index < -0.39 is 53.7 Å². The van der Waals surface area contributed by atoms with Crippen LogP contribution < -0.4 is 0 Å². The van der Waals surface area contributed by atoms with Crippen LogP contribution in [0.3, 0.4) is 0 Å². The third-order valence-electron chi connectivity index (χ3n) is 8.91. The average molecular weight is 577 g/mol. The second-order valence-electron chi connectivity index (χ2n) is 12.7. The highest BCUT2D eigenvalue weighted by Crippen LogP contribution is 2.56. The molecule has 1 spiro atoms. The molecule has 0 radical (unpaired) electrons. The molecule has 3 bridgehead atoms. The molecule has 3 aliphatic heterocycles. The van der Waals surface area contributed by atoms with Crippen molar-refractivity contribution in [2.24, 2.45) is 17.3 Å². The highest BCUT2D eigenvalue weighted by Gasteiger charge is 2.63. The number of phenols is 1. The first-order chi connectivity index (χ1) is 19.2. The van der Waals surface area contributed by atoms with Crippen molar-refractivity contribution in [1.82, 2.24) is 0 Å². The van der Waals surface area contributed by atoms with Gasteiger partial charge in [0.2, 0.25) is 5.79 Å². The van der Waals surface area contributed by atoms with E-state index in [0.29, 0.717) is 12.8 Å². The summed E-state index contributed by atoms with van der Waals surface area (Å²) < 4.78 is 30.3. The minimum atomic E-state index is -1.49. The molecule has 0 saturated carbocycles. The summed E-state index contributed by atoms with van der Waals surface area (Å²) in [6.07, 6.45) is 0.212. The first-order valence-electron chi connectivity index (χ1n) is 14.3. The van der Waals surface area contributed by atoms with E-state index in [1.165, 1.54) is 0 Å². The predicted molar refractivity (Wildman–Crippen MR) is 147 cm³/mol. The smallest absolute Gasteiger partial charge is 0.334 e. The van der Waals surface area contributed by atoms with Gasteiger partial charge in [0.1, 0.15) is 29.3 Å². The van der Waals surface area contributed by atoms with Crippen molar-refractivity contribution in [2.45, 2.75) is 103 Å². The van der Waals surface area contributed by atoms with Crippen LogP contribution >= 0.6 is 0 Å². The summed E-state index contributed by atoms with van der Waals surface area (Å²) in [6, 6.07) is 7.00. The van der Waals surface area contributed by atoms with Crippen LogP contribution in [0, 0.1) is 17.3 Å². The van der Waals surface area contributed by atoms with Gasteiger partial charge >= 0.3 is 11.9 Å². The molecule has 0 unspecified atom stereocenters. The number of benzene rings is 1. The Bertz CT molecular complexity index is 1140. The summed E-state index contributed by atoms with van der Waals surface area (Å²) in [5.41, 5.74) is -1.36. The fraction of sp³-hybridized carbons (Fsp3) is 0.677. The maximum Gasteiger partial charge on any atom is 0.334 e. The van der Waals surface area contributed by atoms with Crippen molar-refractivity contribution in [2.75, 3.05) is 13.7 Å². The Morgan fingerprint density at radius 2 is 1.88 bits per heavy atom. The maximum absolute atomic E-state index is 13.0. The lowest BCUT2D eigenvalue weighted by molar-refractivity contribution is -0.371. The van der Waals surface area contributed by atoms with Crippen LogP contribution in [0.2, 0.25) is 0 Å². The second kappa shape index (κ2) is 11.9. The molecule has 3 aliphatic rings. The Balaban J connectivity index is 1.67. The van der Waals surface area contributed by atoms with Crippen molar-refractivity contribution in [3.8, 4) is 5.75 Å². The number of hydrogen-bond acceptors (Lipinski definition) is 10. The fourth-order valence-corrected chi connectivity index (χ4v) is 6.59. The van der Waals surface area contributed by atoms with Gasteiger partial charge in [-0.25, -0.2) is 4.79 Å². The molecule has 228 valence electrons. The maximum atomic E-state index is 13.0. The zero-order valence-electron chi connectivity index (χ0n) is 24.8. The summed E-state index contributed by atoms with van der Waals surface area (Å²) in [5.74, 6) is -2.81. The number of fused-ring (bicyclic) bond motifs is 2. The molecule has 8 atom stereocenters. The highest BCUT2D eigenvalue weighted by atomic mass is 16.7. The Morgan fingerprint density at radius 1 is 1.15 bits per heavy atom. The number of phenolic OH excluding ortho intramolecular Hbond substituents is 1. The van der Waals surface area contributed by atoms with Crippen molar-refractivity contribution in [3.63, 3.8) is 0 Å². The molecule has 0 aromatic heterocycles. The summed E-state index contributed by atoms with van der Waals surface area (Å²) in [5, 5.41) is 31.0. The summed E-state index contributed by atoms with van der Waals surface area (Å²) in [6.45, 7) is 8.94. The van der Waals surface area contributed by atoms with Crippen LogP contribution in [0.25, 0.3) is 0 Å². The van der Waals surface area contributed by atoms with E-state index in [2.05, 4.69) is 6.92 Å². The SMILES string of the molecule is CO[C@@H](CC[C@H](C)[C@H]1O[C@@]23C[C@H](OC(=O)C[C@H](CO)OC(=O)/C=C(\O2)[C@@](C)(O)CC3(C)C)[C@@H]1C)c1cccc(O)c1. The minimum Gasteiger partial charge on any atom is -0.508 e. The topological polar surface area (TPSA) is 141 Å². The Labute approximate surface area is 241 Å². The molecular formula is C31H44O10. The van der Waals surface area contributed by atoms with Crippen LogP contribution in [0.5, 0.6) is 5.75 Å². The highest BCUT2D eigenvalue weighted by molar-refractivity contribution is 5.83. The number of esters is 2. The molecule has 1 aromatic carbocycles. The molecule has 2 saturated heterocycles. The Morgan fingerprint density at radius 3 is 2.54 bits per heavy atom. The van der Waals surface area contributed by atoms with Crippen molar-refractivity contribution in [3.05, 3.63) is 41.7 Å². The van der Waals surface area contributed by atoms with E-state index in [0.717, 1.165) is 11.6 Å². The first kappa shape index (κ1) is 31.3. The minimum absolute atomic E-state index is 0.00783. The first-order valence-corrected chi connectivity index (χ1v) is 14.3. The van der Waals surface area contributed by atoms with E-state index in [1.807, 2.05) is 26.8 Å². The molecule has 3 N–H and O–H groups in total. The lowest BCUT2D eigenvalue weighted by Gasteiger charge is -2.59. The number of aromatic hydroxyl groups is 1. The van der Waals surface area contributed by atoms with Crippen LogP contribution in [0.4, 0.5) is 0 Å². The third kappa shape index (κ3) is 6.56. The van der Waals surface area contributed by atoms with Gasteiger partial charge in [-0.3, -0.25) is 4.79 Å². The zero-order valence-corrected chi connectivity index (χ0v) is 24.8. The largest absolute Gasteiger partial charge is 0.508 e. The summed E-state index contributed by atoms with van der Waals surface area (Å²) >= 11 is 0. The standard InChI is InChI=1S/C31H44O10/c1-18(10-11-23(37-6)20-8-7-9-21(33)12-20)28-19(2)24-15-31(41-28)29(3,4)17-30(5,36)25(40-31)14-27(35)38-22(16-32)13-26(34)39-24/h7-9,12,14,18-19,22-24,28,32-33,36H,10-11,13,15-17H2,1-6H3/b25-14-/t18-,19-,22+,23-,24-,28+,30-,31+/m0/s1. The Hall–Kier alpha value is -2.66. The number of methoxy groups -OCH3 is 1. The lowest BCUT2D eigenvalue weighted by Crippen LogP contribution is -2.65. The quantitative estimate of drug-likeness (QED) is 0.409. The predicted octanol–water partition coefficient (Wildman–Crippen LogP) is 3.92.